The molecule has 0 aromatic heterocycles. The van der Waals surface area contributed by atoms with E-state index >= 15 is 0 Å². The molecule has 1 unspecified atom stereocenters. The summed E-state index contributed by atoms with van der Waals surface area (Å²) in [5.41, 5.74) is 0. The van der Waals surface area contributed by atoms with Crippen LogP contribution in [0.2, 0.25) is 0 Å². The van der Waals surface area contributed by atoms with E-state index in [1.165, 1.54) is 4.90 Å². The summed E-state index contributed by atoms with van der Waals surface area (Å²) in [6.07, 6.45) is 0.395. The molecule has 19 heavy (non-hydrogen) atoms. The van der Waals surface area contributed by atoms with Crippen LogP contribution in [0.3, 0.4) is 0 Å². The maximum Gasteiger partial charge on any atom is 0.326 e. The molecule has 2 N–H and O–H groups in total. The summed E-state index contributed by atoms with van der Waals surface area (Å²) < 4.78 is 0. The fraction of sp³-hybridized carbons (Fsp3) is 0.833. The van der Waals surface area contributed by atoms with E-state index in [0.29, 0.717) is 18.3 Å². The molecular weight excluding hydrogens is 268 g/mol. The van der Waals surface area contributed by atoms with Gasteiger partial charge in [-0.3, -0.25) is 0 Å². The molecule has 6 nitrogen and oxygen atoms in total. The zero-order valence-corrected chi connectivity index (χ0v) is 11.8. The van der Waals surface area contributed by atoms with Crippen LogP contribution < -0.4 is 0 Å². The average molecular weight is 288 g/mol. The molecule has 2 aliphatic rings. The maximum absolute atomic E-state index is 12.4. The minimum atomic E-state index is -1.04. The van der Waals surface area contributed by atoms with Crippen molar-refractivity contribution < 1.29 is 19.8 Å². The summed E-state index contributed by atoms with van der Waals surface area (Å²) in [6.45, 7) is 3.53. The number of likely N-dealkylation sites (tertiary alicyclic amines) is 1. The molecule has 2 aliphatic heterocycles. The third-order valence-corrected chi connectivity index (χ3v) is 5.05. The van der Waals surface area contributed by atoms with Gasteiger partial charge in [0, 0.05) is 37.1 Å². The molecule has 2 saturated heterocycles. The Morgan fingerprint density at radius 1 is 1.37 bits per heavy atom. The number of thioether (sulfide) groups is 1. The molecule has 7 heteroatoms. The first-order chi connectivity index (χ1) is 9.02. The van der Waals surface area contributed by atoms with Crippen LogP contribution in [-0.2, 0) is 4.79 Å². The fourth-order valence-electron chi connectivity index (χ4n) is 2.58. The zero-order chi connectivity index (χ0) is 14.0. The minimum absolute atomic E-state index is 0.121. The van der Waals surface area contributed by atoms with E-state index in [1.807, 2.05) is 11.8 Å². The number of rotatable bonds is 2. The lowest BCUT2D eigenvalue weighted by Crippen LogP contribution is -2.51. The Labute approximate surface area is 116 Å². The number of urea groups is 1. The Bertz CT molecular complexity index is 366. The number of carboxylic acid groups (broad SMARTS) is 1. The second-order valence-electron chi connectivity index (χ2n) is 5.03. The molecule has 2 rings (SSSR count). The van der Waals surface area contributed by atoms with Crippen LogP contribution in [0.4, 0.5) is 4.79 Å². The van der Waals surface area contributed by atoms with E-state index in [0.717, 1.165) is 12.2 Å². The quantitative estimate of drug-likeness (QED) is 0.771. The first-order valence-electron chi connectivity index (χ1n) is 6.61. The van der Waals surface area contributed by atoms with Crippen LogP contribution in [-0.4, -0.2) is 74.8 Å². The normalized spacial score (nSPS) is 31.6. The van der Waals surface area contributed by atoms with E-state index < -0.39 is 18.1 Å². The van der Waals surface area contributed by atoms with Crippen LogP contribution in [0, 0.1) is 0 Å². The lowest BCUT2D eigenvalue weighted by molar-refractivity contribution is -0.141. The maximum atomic E-state index is 12.4. The van der Waals surface area contributed by atoms with Gasteiger partial charge in [-0.15, -0.1) is 0 Å². The number of β-amino-alcohol motifs (C(OH)–C–C–N with tert-alkyl or cyclic N) is 1. The summed E-state index contributed by atoms with van der Waals surface area (Å²) in [4.78, 5) is 26.6. The van der Waals surface area contributed by atoms with Crippen molar-refractivity contribution in [3.63, 3.8) is 0 Å². The molecule has 3 atom stereocenters. The number of carbonyl (C=O) groups is 2. The van der Waals surface area contributed by atoms with Crippen molar-refractivity contribution in [3.8, 4) is 0 Å². The summed E-state index contributed by atoms with van der Waals surface area (Å²) >= 11 is 1.86. The largest absolute Gasteiger partial charge is 0.480 e. The van der Waals surface area contributed by atoms with Gasteiger partial charge in [-0.2, -0.15) is 11.8 Å². The molecule has 2 fully saturated rings. The molecule has 0 spiro atoms. The standard InChI is InChI=1S/C12H20N2O4S/c1-2-9-7-13(3-4-19-9)12(18)14-6-8(15)5-10(14)11(16)17/h8-10,15H,2-7H2,1H3,(H,16,17)/t8-,9?,10-/m1/s1. The van der Waals surface area contributed by atoms with Crippen molar-refractivity contribution in [2.24, 2.45) is 0 Å². The van der Waals surface area contributed by atoms with Gasteiger partial charge in [0.2, 0.25) is 0 Å². The highest BCUT2D eigenvalue weighted by Gasteiger charge is 2.41. The Hall–Kier alpha value is -0.950. The Balaban J connectivity index is 2.03. The van der Waals surface area contributed by atoms with E-state index in [-0.39, 0.29) is 19.0 Å². The van der Waals surface area contributed by atoms with Gasteiger partial charge in [-0.25, -0.2) is 9.59 Å². The van der Waals surface area contributed by atoms with E-state index in [9.17, 15) is 14.7 Å². The van der Waals surface area contributed by atoms with Crippen LogP contribution in [0.15, 0.2) is 0 Å². The Morgan fingerprint density at radius 2 is 2.11 bits per heavy atom. The number of carbonyl (C=O) groups excluding carboxylic acids is 1. The molecule has 0 bridgehead atoms. The van der Waals surface area contributed by atoms with Gasteiger partial charge in [-0.05, 0) is 6.42 Å². The first kappa shape index (κ1) is 14.5. The molecule has 0 saturated carbocycles. The Morgan fingerprint density at radius 3 is 2.74 bits per heavy atom. The van der Waals surface area contributed by atoms with Crippen LogP contribution >= 0.6 is 11.8 Å². The van der Waals surface area contributed by atoms with Crippen LogP contribution in [0.1, 0.15) is 19.8 Å². The third-order valence-electron chi connectivity index (χ3n) is 3.67. The average Bonchev–Trinajstić information content (AvgIpc) is 2.80. The van der Waals surface area contributed by atoms with Crippen LogP contribution in [0.25, 0.3) is 0 Å². The number of hydrogen-bond donors (Lipinski definition) is 2. The molecule has 2 amide bonds. The van der Waals surface area contributed by atoms with E-state index in [4.69, 9.17) is 5.11 Å². The minimum Gasteiger partial charge on any atom is -0.480 e. The molecule has 0 aromatic carbocycles. The second-order valence-corrected chi connectivity index (χ2v) is 6.43. The van der Waals surface area contributed by atoms with Gasteiger partial charge < -0.3 is 20.0 Å². The Kier molecular flexibility index (Phi) is 4.57. The highest BCUT2D eigenvalue weighted by atomic mass is 32.2. The number of nitrogens with zero attached hydrogens (tertiary/aromatic N) is 2. The second kappa shape index (κ2) is 6.00. The van der Waals surface area contributed by atoms with Gasteiger partial charge in [-0.1, -0.05) is 6.92 Å². The van der Waals surface area contributed by atoms with Gasteiger partial charge in [0.05, 0.1) is 6.10 Å². The monoisotopic (exact) mass is 288 g/mol. The number of aliphatic hydroxyl groups excluding tert-OH is 1. The van der Waals surface area contributed by atoms with Crippen molar-refractivity contribution in [2.75, 3.05) is 25.4 Å². The van der Waals surface area contributed by atoms with Gasteiger partial charge in [0.25, 0.3) is 0 Å². The van der Waals surface area contributed by atoms with E-state index in [1.54, 1.807) is 4.90 Å². The van der Waals surface area contributed by atoms with Crippen LogP contribution in [0.5, 0.6) is 0 Å². The molecule has 0 aliphatic carbocycles. The number of hydrogen-bond acceptors (Lipinski definition) is 4. The highest BCUT2D eigenvalue weighted by molar-refractivity contribution is 8.00. The SMILES string of the molecule is CCC1CN(C(=O)N2C[C@H](O)C[C@@H]2C(=O)O)CCS1. The van der Waals surface area contributed by atoms with Crippen molar-refractivity contribution in [1.29, 1.82) is 0 Å². The van der Waals surface area contributed by atoms with Crippen molar-refractivity contribution >= 4 is 23.8 Å². The van der Waals surface area contributed by atoms with Gasteiger partial charge in [0.1, 0.15) is 6.04 Å². The van der Waals surface area contributed by atoms with Gasteiger partial charge >= 0.3 is 12.0 Å². The van der Waals surface area contributed by atoms with Crippen molar-refractivity contribution in [2.45, 2.75) is 37.2 Å². The van der Waals surface area contributed by atoms with E-state index in [2.05, 4.69) is 6.92 Å². The molecule has 0 aromatic rings. The summed E-state index contributed by atoms with van der Waals surface area (Å²) in [6, 6.07) is -1.14. The van der Waals surface area contributed by atoms with Gasteiger partial charge in [0.15, 0.2) is 0 Å². The smallest absolute Gasteiger partial charge is 0.326 e. The number of amides is 2. The lowest BCUT2D eigenvalue weighted by Gasteiger charge is -2.35. The number of aliphatic carboxylic acids is 1. The first-order valence-corrected chi connectivity index (χ1v) is 7.65. The summed E-state index contributed by atoms with van der Waals surface area (Å²) in [5, 5.41) is 19.1. The van der Waals surface area contributed by atoms with Crippen molar-refractivity contribution in [3.05, 3.63) is 0 Å². The molecule has 108 valence electrons. The summed E-state index contributed by atoms with van der Waals surface area (Å²) in [5.74, 6) is -0.151. The zero-order valence-electron chi connectivity index (χ0n) is 11.0. The lowest BCUT2D eigenvalue weighted by atomic mass is 10.2. The highest BCUT2D eigenvalue weighted by Crippen LogP contribution is 2.25. The molecular formula is C12H20N2O4S. The molecule has 0 radical (unpaired) electrons. The molecule has 2 heterocycles. The van der Waals surface area contributed by atoms with Crippen molar-refractivity contribution in [1.82, 2.24) is 9.80 Å². The summed E-state index contributed by atoms with van der Waals surface area (Å²) in [7, 11) is 0. The predicted octanol–water partition coefficient (Wildman–Crippen LogP) is 0.454. The topological polar surface area (TPSA) is 81.1 Å². The predicted molar refractivity (Wildman–Crippen MR) is 72.3 cm³/mol. The number of aliphatic hydroxyl groups is 1. The fourth-order valence-corrected chi connectivity index (χ4v) is 3.76. The third kappa shape index (κ3) is 3.14. The number of carboxylic acids is 1.